The van der Waals surface area contributed by atoms with E-state index in [2.05, 4.69) is 75.4 Å². The molecule has 3 aromatic rings. The largest absolute Gasteiger partial charge is 0.391 e. The molecule has 0 aliphatic heterocycles. The Labute approximate surface area is 205 Å². The average Bonchev–Trinajstić information content (AvgIpc) is 2.86. The highest BCUT2D eigenvalue weighted by atomic mass is 28.4. The first-order valence-corrected chi connectivity index (χ1v) is 13.6. The fourth-order valence-electron chi connectivity index (χ4n) is 4.63. The van der Waals surface area contributed by atoms with Crippen molar-refractivity contribution in [3.05, 3.63) is 96.6 Å². The van der Waals surface area contributed by atoms with Crippen molar-refractivity contribution in [2.45, 2.75) is 44.9 Å². The Morgan fingerprint density at radius 3 is 1.71 bits per heavy atom. The summed E-state index contributed by atoms with van der Waals surface area (Å²) >= 11 is 0. The van der Waals surface area contributed by atoms with Crippen LogP contribution in [0.2, 0.25) is 5.04 Å². The Morgan fingerprint density at radius 1 is 0.824 bits per heavy atom. The molecule has 0 saturated carbocycles. The highest BCUT2D eigenvalue weighted by Gasteiger charge is 2.52. The van der Waals surface area contributed by atoms with Gasteiger partial charge in [0.15, 0.2) is 0 Å². The zero-order chi connectivity index (χ0) is 24.6. The molecular weight excluding hydrogens is 438 g/mol. The van der Waals surface area contributed by atoms with Crippen molar-refractivity contribution in [3.63, 3.8) is 0 Å². The van der Waals surface area contributed by atoms with Crippen LogP contribution in [0.15, 0.2) is 91.0 Å². The molecule has 34 heavy (non-hydrogen) atoms. The van der Waals surface area contributed by atoms with Crippen LogP contribution in [-0.4, -0.2) is 28.3 Å². The third-order valence-corrected chi connectivity index (χ3v) is 11.3. The molecule has 5 heteroatoms. The molecule has 0 N–H and O–H groups in total. The maximum Gasteiger partial charge on any atom is 0.262 e. The Kier molecular flexibility index (Phi) is 8.82. The lowest BCUT2D eigenvalue weighted by Gasteiger charge is -2.45. The van der Waals surface area contributed by atoms with Gasteiger partial charge < -0.3 is 13.9 Å². The van der Waals surface area contributed by atoms with Gasteiger partial charge in [0, 0.05) is 13.0 Å². The van der Waals surface area contributed by atoms with Crippen LogP contribution in [0.5, 0.6) is 0 Å². The minimum Gasteiger partial charge on any atom is -0.391 e. The van der Waals surface area contributed by atoms with E-state index < -0.39 is 14.4 Å². The molecule has 0 spiro atoms. The highest BCUT2D eigenvalue weighted by Crippen LogP contribution is 2.40. The Hall–Kier alpha value is -2.75. The zero-order valence-electron chi connectivity index (χ0n) is 20.8. The van der Waals surface area contributed by atoms with Crippen LogP contribution in [0.25, 0.3) is 0 Å². The summed E-state index contributed by atoms with van der Waals surface area (Å²) < 4.78 is 18.4. The molecule has 0 unspecified atom stereocenters. The fourth-order valence-corrected chi connectivity index (χ4v) is 9.29. The quantitative estimate of drug-likeness (QED) is 0.290. The molecule has 0 aliphatic carbocycles. The van der Waals surface area contributed by atoms with E-state index in [0.29, 0.717) is 0 Å². The second-order valence-electron chi connectivity index (χ2n) is 9.59. The van der Waals surface area contributed by atoms with Crippen LogP contribution in [0.4, 0.5) is 0 Å². The van der Waals surface area contributed by atoms with E-state index in [9.17, 15) is 5.26 Å². The summed E-state index contributed by atoms with van der Waals surface area (Å²) in [5.41, 5.74) is 0.998. The van der Waals surface area contributed by atoms with Gasteiger partial charge in [-0.15, -0.1) is 0 Å². The van der Waals surface area contributed by atoms with Crippen molar-refractivity contribution >= 4 is 18.7 Å². The lowest BCUT2D eigenvalue weighted by atomic mass is 9.93. The fraction of sp³-hybridized carbons (Fsp3) is 0.345. The van der Waals surface area contributed by atoms with Gasteiger partial charge in [-0.25, -0.2) is 0 Å². The van der Waals surface area contributed by atoms with Crippen molar-refractivity contribution < 1.29 is 13.9 Å². The van der Waals surface area contributed by atoms with Crippen LogP contribution in [0.3, 0.4) is 0 Å². The molecule has 4 nitrogen and oxygen atoms in total. The van der Waals surface area contributed by atoms with Crippen LogP contribution in [-0.2, 0) is 13.9 Å². The van der Waals surface area contributed by atoms with Crippen LogP contribution in [0, 0.1) is 17.2 Å². The standard InChI is InChI=1S/C29H35NO3Si/c1-23(28(32-22-31-5)24-15-9-6-10-16-24)27(21-30)33-34(29(2,3)4,25-17-11-7-12-18-25)26-19-13-8-14-20-26/h6-20,23,27-28H,22H2,1-5H3/t23-,27+,28+/m1/s1. The maximum atomic E-state index is 10.4. The van der Waals surface area contributed by atoms with Gasteiger partial charge in [-0.2, -0.15) is 5.26 Å². The molecule has 0 bridgehead atoms. The van der Waals surface area contributed by atoms with Gasteiger partial charge in [-0.1, -0.05) is 119 Å². The van der Waals surface area contributed by atoms with Crippen molar-refractivity contribution in [2.75, 3.05) is 13.9 Å². The number of methoxy groups -OCH3 is 1. The third-order valence-electron chi connectivity index (χ3n) is 6.30. The number of ether oxygens (including phenoxy) is 2. The van der Waals surface area contributed by atoms with Gasteiger partial charge >= 0.3 is 0 Å². The summed E-state index contributed by atoms with van der Waals surface area (Å²) in [4.78, 5) is 0. The van der Waals surface area contributed by atoms with Gasteiger partial charge in [0.25, 0.3) is 8.32 Å². The molecule has 0 amide bonds. The minimum atomic E-state index is -2.88. The summed E-state index contributed by atoms with van der Waals surface area (Å²) in [6.45, 7) is 8.82. The second-order valence-corrected chi connectivity index (χ2v) is 13.8. The molecule has 3 rings (SSSR count). The molecule has 0 aromatic heterocycles. The van der Waals surface area contributed by atoms with E-state index in [1.54, 1.807) is 7.11 Å². The Bertz CT molecular complexity index is 1010. The summed E-state index contributed by atoms with van der Waals surface area (Å²) in [6, 6.07) is 33.3. The lowest BCUT2D eigenvalue weighted by molar-refractivity contribution is -0.102. The van der Waals surface area contributed by atoms with Crippen molar-refractivity contribution in [1.29, 1.82) is 5.26 Å². The van der Waals surface area contributed by atoms with E-state index in [-0.39, 0.29) is 23.9 Å². The van der Waals surface area contributed by atoms with Crippen molar-refractivity contribution in [2.24, 2.45) is 5.92 Å². The normalized spacial score (nSPS) is 14.7. The van der Waals surface area contributed by atoms with Gasteiger partial charge in [-0.3, -0.25) is 0 Å². The number of nitrogens with zero attached hydrogens (tertiary/aromatic N) is 1. The van der Waals surface area contributed by atoms with Crippen LogP contribution < -0.4 is 10.4 Å². The first-order chi connectivity index (χ1) is 16.3. The Morgan fingerprint density at radius 2 is 1.29 bits per heavy atom. The van der Waals surface area contributed by atoms with Gasteiger partial charge in [0.05, 0.1) is 12.2 Å². The first-order valence-electron chi connectivity index (χ1n) is 11.7. The number of benzene rings is 3. The maximum absolute atomic E-state index is 10.4. The number of nitriles is 1. The molecule has 0 fully saturated rings. The van der Waals surface area contributed by atoms with E-state index >= 15 is 0 Å². The van der Waals surface area contributed by atoms with E-state index in [1.807, 2.05) is 49.4 Å². The predicted octanol–water partition coefficient (Wildman–Crippen LogP) is 5.45. The molecule has 178 valence electrons. The number of hydrogen-bond donors (Lipinski definition) is 0. The van der Waals surface area contributed by atoms with Crippen molar-refractivity contribution in [1.82, 2.24) is 0 Å². The molecule has 0 saturated heterocycles. The van der Waals surface area contributed by atoms with Gasteiger partial charge in [0.1, 0.15) is 12.9 Å². The lowest BCUT2D eigenvalue weighted by Crippen LogP contribution is -2.68. The smallest absolute Gasteiger partial charge is 0.262 e. The van der Waals surface area contributed by atoms with Gasteiger partial charge in [-0.05, 0) is 21.0 Å². The van der Waals surface area contributed by atoms with Gasteiger partial charge in [0.2, 0.25) is 0 Å². The molecule has 0 aliphatic rings. The highest BCUT2D eigenvalue weighted by molar-refractivity contribution is 6.99. The third kappa shape index (κ3) is 5.48. The number of rotatable bonds is 10. The molecule has 3 atom stereocenters. The van der Waals surface area contributed by atoms with E-state index in [4.69, 9.17) is 13.9 Å². The van der Waals surface area contributed by atoms with Crippen LogP contribution >= 0.6 is 0 Å². The molecular formula is C29H35NO3Si. The van der Waals surface area contributed by atoms with Crippen LogP contribution in [0.1, 0.15) is 39.4 Å². The topological polar surface area (TPSA) is 51.5 Å². The van der Waals surface area contributed by atoms with E-state index in [1.165, 1.54) is 0 Å². The molecule has 3 aromatic carbocycles. The first kappa shape index (κ1) is 25.9. The predicted molar refractivity (Wildman–Crippen MR) is 139 cm³/mol. The second kappa shape index (κ2) is 11.6. The summed E-state index contributed by atoms with van der Waals surface area (Å²) in [6.07, 6.45) is -1.03. The van der Waals surface area contributed by atoms with E-state index in [0.717, 1.165) is 15.9 Å². The summed E-state index contributed by atoms with van der Waals surface area (Å²) in [5, 5.41) is 12.5. The average molecular weight is 474 g/mol. The SMILES string of the molecule is COCO[C@H](c1ccccc1)[C@H](C)[C@H](C#N)O[Si](c1ccccc1)(c1ccccc1)C(C)(C)C. The van der Waals surface area contributed by atoms with Crippen molar-refractivity contribution in [3.8, 4) is 6.07 Å². The molecule has 0 radical (unpaired) electrons. The Balaban J connectivity index is 2.11. The monoisotopic (exact) mass is 473 g/mol. The number of hydrogen-bond acceptors (Lipinski definition) is 4. The summed E-state index contributed by atoms with van der Waals surface area (Å²) in [5.74, 6) is -0.232. The minimum absolute atomic E-state index is 0.140. The zero-order valence-corrected chi connectivity index (χ0v) is 21.8. The summed E-state index contributed by atoms with van der Waals surface area (Å²) in [7, 11) is -1.28. The molecule has 0 heterocycles.